The van der Waals surface area contributed by atoms with E-state index in [-0.39, 0.29) is 0 Å². The number of benzene rings is 2. The maximum atomic E-state index is 11.3. The first-order valence-electron chi connectivity index (χ1n) is 6.59. The van der Waals surface area contributed by atoms with Gasteiger partial charge in [-0.05, 0) is 31.5 Å². The minimum absolute atomic E-state index is 0.503. The third kappa shape index (κ3) is 3.38. The molecule has 0 aromatic heterocycles. The molecule has 1 N–H and O–H groups in total. The van der Waals surface area contributed by atoms with Gasteiger partial charge in [0.05, 0.1) is 5.92 Å². The molecule has 0 aliphatic carbocycles. The van der Waals surface area contributed by atoms with Gasteiger partial charge in [-0.1, -0.05) is 48.0 Å². The quantitative estimate of drug-likeness (QED) is 0.898. The molecule has 2 unspecified atom stereocenters. The summed E-state index contributed by atoms with van der Waals surface area (Å²) in [4.78, 5) is 11.3. The second-order valence-electron chi connectivity index (χ2n) is 4.89. The average molecular weight is 270 g/mol. The van der Waals surface area contributed by atoms with E-state index in [0.717, 1.165) is 11.1 Å². The summed E-state index contributed by atoms with van der Waals surface area (Å²) in [5, 5.41) is 9.26. The summed E-state index contributed by atoms with van der Waals surface area (Å²) in [6, 6.07) is 17.1. The van der Waals surface area contributed by atoms with Gasteiger partial charge < -0.3 is 9.84 Å². The maximum absolute atomic E-state index is 11.3. The highest BCUT2D eigenvalue weighted by molar-refractivity contribution is 5.70. The van der Waals surface area contributed by atoms with Crippen molar-refractivity contribution in [1.29, 1.82) is 0 Å². The summed E-state index contributed by atoms with van der Waals surface area (Å²) in [5.74, 6) is -0.817. The molecule has 2 atom stereocenters. The fourth-order valence-corrected chi connectivity index (χ4v) is 1.99. The average Bonchev–Trinajstić information content (AvgIpc) is 2.47. The predicted octanol–water partition coefficient (Wildman–Crippen LogP) is 3.84. The fraction of sp³-hybridized carbons (Fsp3) is 0.235. The standard InChI is InChI=1S/C17H18O3/c1-12-8-10-15(11-9-12)20-16(13(2)17(18)19)14-6-4-3-5-7-14/h3-11,13,16H,1-2H3,(H,18,19). The third-order valence-electron chi connectivity index (χ3n) is 3.26. The van der Waals surface area contributed by atoms with Crippen LogP contribution in [0.5, 0.6) is 5.75 Å². The smallest absolute Gasteiger partial charge is 0.310 e. The number of hydrogen-bond donors (Lipinski definition) is 1. The van der Waals surface area contributed by atoms with Crippen molar-refractivity contribution in [2.24, 2.45) is 5.92 Å². The van der Waals surface area contributed by atoms with Crippen LogP contribution in [0.3, 0.4) is 0 Å². The zero-order valence-electron chi connectivity index (χ0n) is 11.6. The molecule has 0 fully saturated rings. The zero-order chi connectivity index (χ0) is 14.5. The van der Waals surface area contributed by atoms with Crippen molar-refractivity contribution in [1.82, 2.24) is 0 Å². The van der Waals surface area contributed by atoms with Crippen LogP contribution in [-0.2, 0) is 4.79 Å². The van der Waals surface area contributed by atoms with Crippen molar-refractivity contribution in [3.63, 3.8) is 0 Å². The van der Waals surface area contributed by atoms with Gasteiger partial charge in [0.25, 0.3) is 0 Å². The lowest BCUT2D eigenvalue weighted by Gasteiger charge is -2.23. The summed E-state index contributed by atoms with van der Waals surface area (Å²) in [6.45, 7) is 3.66. The monoisotopic (exact) mass is 270 g/mol. The second-order valence-corrected chi connectivity index (χ2v) is 4.89. The van der Waals surface area contributed by atoms with Crippen molar-refractivity contribution in [2.45, 2.75) is 20.0 Å². The fourth-order valence-electron chi connectivity index (χ4n) is 1.99. The highest BCUT2D eigenvalue weighted by atomic mass is 16.5. The van der Waals surface area contributed by atoms with Crippen molar-refractivity contribution >= 4 is 5.97 Å². The Morgan fingerprint density at radius 1 is 1.05 bits per heavy atom. The van der Waals surface area contributed by atoms with Crippen LogP contribution in [0.25, 0.3) is 0 Å². The van der Waals surface area contributed by atoms with Gasteiger partial charge in [-0.3, -0.25) is 4.79 Å². The summed E-state index contributed by atoms with van der Waals surface area (Å²) in [7, 11) is 0. The molecule has 0 radical (unpaired) electrons. The van der Waals surface area contributed by atoms with Gasteiger partial charge in [0, 0.05) is 0 Å². The summed E-state index contributed by atoms with van der Waals surface area (Å²) >= 11 is 0. The zero-order valence-corrected chi connectivity index (χ0v) is 11.6. The number of aliphatic carboxylic acids is 1. The Balaban J connectivity index is 2.27. The summed E-state index contributed by atoms with van der Waals surface area (Å²) < 4.78 is 5.90. The van der Waals surface area contributed by atoms with Gasteiger partial charge in [0.1, 0.15) is 11.9 Å². The minimum atomic E-state index is -0.869. The van der Waals surface area contributed by atoms with E-state index < -0.39 is 18.0 Å². The number of hydrogen-bond acceptors (Lipinski definition) is 2. The maximum Gasteiger partial charge on any atom is 0.310 e. The van der Waals surface area contributed by atoms with E-state index in [2.05, 4.69) is 0 Å². The van der Waals surface area contributed by atoms with E-state index in [1.54, 1.807) is 6.92 Å². The number of carboxylic acids is 1. The molecule has 0 amide bonds. The highest BCUT2D eigenvalue weighted by Gasteiger charge is 2.27. The molecule has 0 spiro atoms. The molecule has 0 aliphatic heterocycles. The predicted molar refractivity (Wildman–Crippen MR) is 77.8 cm³/mol. The number of ether oxygens (including phenoxy) is 1. The molecule has 0 bridgehead atoms. The van der Waals surface area contributed by atoms with Gasteiger partial charge >= 0.3 is 5.97 Å². The Kier molecular flexibility index (Phi) is 4.41. The lowest BCUT2D eigenvalue weighted by Crippen LogP contribution is -2.23. The number of aryl methyl sites for hydroxylation is 1. The molecule has 0 saturated carbocycles. The van der Waals surface area contributed by atoms with Crippen LogP contribution in [0.4, 0.5) is 0 Å². The molecule has 0 saturated heterocycles. The van der Waals surface area contributed by atoms with Gasteiger partial charge in [-0.2, -0.15) is 0 Å². The second kappa shape index (κ2) is 6.24. The van der Waals surface area contributed by atoms with E-state index in [9.17, 15) is 9.90 Å². The Bertz CT molecular complexity index is 561. The SMILES string of the molecule is Cc1ccc(OC(c2ccccc2)C(C)C(=O)O)cc1. The van der Waals surface area contributed by atoms with Crippen molar-refractivity contribution in [3.8, 4) is 5.75 Å². The molecule has 104 valence electrons. The summed E-state index contributed by atoms with van der Waals surface area (Å²) in [6.07, 6.45) is -0.503. The molecule has 2 rings (SSSR count). The van der Waals surface area contributed by atoms with Crippen LogP contribution >= 0.6 is 0 Å². The Hall–Kier alpha value is -2.29. The number of carboxylic acid groups (broad SMARTS) is 1. The van der Waals surface area contributed by atoms with Crippen LogP contribution in [-0.4, -0.2) is 11.1 Å². The molecular formula is C17H18O3. The van der Waals surface area contributed by atoms with Gasteiger partial charge in [-0.25, -0.2) is 0 Å². The van der Waals surface area contributed by atoms with E-state index in [0.29, 0.717) is 5.75 Å². The Morgan fingerprint density at radius 3 is 2.20 bits per heavy atom. The van der Waals surface area contributed by atoms with Gasteiger partial charge in [-0.15, -0.1) is 0 Å². The highest BCUT2D eigenvalue weighted by Crippen LogP contribution is 2.28. The molecule has 2 aromatic carbocycles. The third-order valence-corrected chi connectivity index (χ3v) is 3.26. The van der Waals surface area contributed by atoms with Crippen LogP contribution < -0.4 is 4.74 Å². The van der Waals surface area contributed by atoms with Gasteiger partial charge in [0.15, 0.2) is 0 Å². The van der Waals surface area contributed by atoms with Crippen LogP contribution in [0.15, 0.2) is 54.6 Å². The lowest BCUT2D eigenvalue weighted by atomic mass is 9.97. The normalized spacial score (nSPS) is 13.5. The molecule has 2 aromatic rings. The molecule has 0 aliphatic rings. The van der Waals surface area contributed by atoms with E-state index >= 15 is 0 Å². The first kappa shape index (κ1) is 14.1. The topological polar surface area (TPSA) is 46.5 Å². The van der Waals surface area contributed by atoms with Crippen molar-refractivity contribution in [2.75, 3.05) is 0 Å². The Labute approximate surface area is 118 Å². The molecular weight excluding hydrogens is 252 g/mol. The van der Waals surface area contributed by atoms with Gasteiger partial charge in [0.2, 0.25) is 0 Å². The molecule has 3 nitrogen and oxygen atoms in total. The van der Waals surface area contributed by atoms with Crippen LogP contribution in [0.2, 0.25) is 0 Å². The van der Waals surface area contributed by atoms with Crippen LogP contribution in [0, 0.1) is 12.8 Å². The molecule has 0 heterocycles. The van der Waals surface area contributed by atoms with E-state index in [4.69, 9.17) is 4.74 Å². The van der Waals surface area contributed by atoms with Crippen molar-refractivity contribution < 1.29 is 14.6 Å². The van der Waals surface area contributed by atoms with Crippen molar-refractivity contribution in [3.05, 3.63) is 65.7 Å². The van der Waals surface area contributed by atoms with E-state index in [1.807, 2.05) is 61.5 Å². The number of rotatable bonds is 5. The molecule has 20 heavy (non-hydrogen) atoms. The first-order valence-corrected chi connectivity index (χ1v) is 6.59. The lowest BCUT2D eigenvalue weighted by molar-refractivity contribution is -0.144. The van der Waals surface area contributed by atoms with Crippen LogP contribution in [0.1, 0.15) is 24.2 Å². The summed E-state index contributed by atoms with van der Waals surface area (Å²) in [5.41, 5.74) is 2.00. The number of carbonyl (C=O) groups is 1. The van der Waals surface area contributed by atoms with E-state index in [1.165, 1.54) is 0 Å². The Morgan fingerprint density at radius 2 is 1.65 bits per heavy atom. The largest absolute Gasteiger partial charge is 0.485 e. The first-order chi connectivity index (χ1) is 9.58. The molecule has 3 heteroatoms. The minimum Gasteiger partial charge on any atom is -0.485 e.